The Labute approximate surface area is 52.6 Å². The van der Waals surface area contributed by atoms with Crippen molar-refractivity contribution in [1.82, 2.24) is 0 Å². The minimum absolute atomic E-state index is 1.23. The molecule has 0 atom stereocenters. The quantitative estimate of drug-likeness (QED) is 0.492. The predicted molar refractivity (Wildman–Crippen MR) is 39.0 cm³/mol. The maximum absolute atomic E-state index is 2.23. The summed E-state index contributed by atoms with van der Waals surface area (Å²) < 4.78 is 0. The summed E-state index contributed by atoms with van der Waals surface area (Å²) in [4.78, 5) is 0. The molecule has 0 spiro atoms. The summed E-state index contributed by atoms with van der Waals surface area (Å²) >= 11 is 0. The molecular formula is C8H16. The second kappa shape index (κ2) is 4.89. The Kier molecular flexibility index (Phi) is 4.73. The van der Waals surface area contributed by atoms with Gasteiger partial charge >= 0.3 is 0 Å². The molecule has 0 unspecified atom stereocenters. The molecule has 0 radical (unpaired) electrons. The molecule has 0 N–H and O–H groups in total. The molecule has 0 heteroatoms. The van der Waals surface area contributed by atoms with Crippen molar-refractivity contribution in [3.63, 3.8) is 0 Å². The molecule has 0 aromatic heterocycles. The number of allylic oxidation sites excluding steroid dienone is 2. The minimum Gasteiger partial charge on any atom is -0.0885 e. The fraction of sp³-hybridized carbons (Fsp3) is 0.750. The van der Waals surface area contributed by atoms with Gasteiger partial charge in [0.05, 0.1) is 0 Å². The van der Waals surface area contributed by atoms with Gasteiger partial charge in [-0.05, 0) is 19.8 Å². The SMILES string of the molecule is C/C=C(\CC)CCC. The average Bonchev–Trinajstić information content (AvgIpc) is 1.83. The predicted octanol–water partition coefficient (Wildman–Crippen LogP) is 3.14. The van der Waals surface area contributed by atoms with Crippen LogP contribution in [0, 0.1) is 0 Å². The van der Waals surface area contributed by atoms with Gasteiger partial charge in [-0.15, -0.1) is 0 Å². The van der Waals surface area contributed by atoms with Gasteiger partial charge in [0.25, 0.3) is 0 Å². The molecule has 0 bridgehead atoms. The van der Waals surface area contributed by atoms with E-state index in [1.54, 1.807) is 5.57 Å². The van der Waals surface area contributed by atoms with Crippen molar-refractivity contribution >= 4 is 0 Å². The summed E-state index contributed by atoms with van der Waals surface area (Å²) in [6.45, 7) is 6.55. The van der Waals surface area contributed by atoms with Gasteiger partial charge in [0.2, 0.25) is 0 Å². The second-order valence-electron chi connectivity index (χ2n) is 2.05. The van der Waals surface area contributed by atoms with E-state index in [9.17, 15) is 0 Å². The topological polar surface area (TPSA) is 0 Å². The van der Waals surface area contributed by atoms with E-state index < -0.39 is 0 Å². The maximum atomic E-state index is 2.23. The largest absolute Gasteiger partial charge is 0.0885 e. The molecule has 0 amide bonds. The van der Waals surface area contributed by atoms with Gasteiger partial charge in [-0.2, -0.15) is 0 Å². The Balaban J connectivity index is 3.38. The first-order valence-corrected chi connectivity index (χ1v) is 3.49. The lowest BCUT2D eigenvalue weighted by Crippen LogP contribution is -1.76. The summed E-state index contributed by atoms with van der Waals surface area (Å²) in [5.74, 6) is 0. The first-order chi connectivity index (χ1) is 3.85. The van der Waals surface area contributed by atoms with Crippen molar-refractivity contribution in [2.24, 2.45) is 0 Å². The van der Waals surface area contributed by atoms with Crippen LogP contribution in [0.25, 0.3) is 0 Å². The van der Waals surface area contributed by atoms with Gasteiger partial charge in [-0.1, -0.05) is 31.9 Å². The van der Waals surface area contributed by atoms with Crippen molar-refractivity contribution in [3.8, 4) is 0 Å². The monoisotopic (exact) mass is 112 g/mol. The van der Waals surface area contributed by atoms with Gasteiger partial charge in [0.15, 0.2) is 0 Å². The highest BCUT2D eigenvalue weighted by molar-refractivity contribution is 4.98. The molecule has 0 aliphatic carbocycles. The van der Waals surface area contributed by atoms with Crippen LogP contribution in [0.15, 0.2) is 11.6 Å². The van der Waals surface area contributed by atoms with Crippen molar-refractivity contribution in [2.45, 2.75) is 40.0 Å². The van der Waals surface area contributed by atoms with Gasteiger partial charge in [-0.25, -0.2) is 0 Å². The highest BCUT2D eigenvalue weighted by Crippen LogP contribution is 2.07. The fourth-order valence-corrected chi connectivity index (χ4v) is 0.846. The molecule has 8 heavy (non-hydrogen) atoms. The van der Waals surface area contributed by atoms with Crippen LogP contribution >= 0.6 is 0 Å². The highest BCUT2D eigenvalue weighted by atomic mass is 13.9. The number of hydrogen-bond donors (Lipinski definition) is 0. The Hall–Kier alpha value is -0.260. The van der Waals surface area contributed by atoms with E-state index in [4.69, 9.17) is 0 Å². The number of hydrogen-bond acceptors (Lipinski definition) is 0. The first-order valence-electron chi connectivity index (χ1n) is 3.49. The molecule has 0 heterocycles. The Morgan fingerprint density at radius 2 is 2.00 bits per heavy atom. The van der Waals surface area contributed by atoms with Crippen LogP contribution in [0.2, 0.25) is 0 Å². The molecule has 0 rings (SSSR count). The van der Waals surface area contributed by atoms with E-state index in [1.165, 1.54) is 19.3 Å². The standard InChI is InChI=1S/C8H16/c1-4-7-8(5-2)6-3/h5H,4,6-7H2,1-3H3/b8-5+. The Bertz CT molecular complexity index is 70.1. The van der Waals surface area contributed by atoms with Crippen molar-refractivity contribution in [3.05, 3.63) is 11.6 Å². The van der Waals surface area contributed by atoms with E-state index >= 15 is 0 Å². The molecule has 48 valence electrons. The molecule has 0 aromatic rings. The van der Waals surface area contributed by atoms with Crippen LogP contribution in [0.3, 0.4) is 0 Å². The maximum Gasteiger partial charge on any atom is -0.0323 e. The molecule has 0 aromatic carbocycles. The van der Waals surface area contributed by atoms with Crippen molar-refractivity contribution in [2.75, 3.05) is 0 Å². The van der Waals surface area contributed by atoms with E-state index in [0.29, 0.717) is 0 Å². The summed E-state index contributed by atoms with van der Waals surface area (Å²) in [5.41, 5.74) is 1.59. The van der Waals surface area contributed by atoms with E-state index in [2.05, 4.69) is 26.8 Å². The molecule has 0 saturated carbocycles. The van der Waals surface area contributed by atoms with Crippen LogP contribution in [0.4, 0.5) is 0 Å². The normalized spacial score (nSPS) is 12.1. The lowest BCUT2D eigenvalue weighted by atomic mass is 10.1. The third kappa shape index (κ3) is 2.84. The zero-order valence-electron chi connectivity index (χ0n) is 6.20. The van der Waals surface area contributed by atoms with Gasteiger partial charge < -0.3 is 0 Å². The lowest BCUT2D eigenvalue weighted by Gasteiger charge is -1.97. The lowest BCUT2D eigenvalue weighted by molar-refractivity contribution is 0.856. The molecule has 0 fully saturated rings. The van der Waals surface area contributed by atoms with Gasteiger partial charge in [-0.3, -0.25) is 0 Å². The summed E-state index contributed by atoms with van der Waals surface area (Å²) in [6.07, 6.45) is 6.02. The molecule has 0 aliphatic heterocycles. The average molecular weight is 112 g/mol. The third-order valence-corrected chi connectivity index (χ3v) is 1.43. The van der Waals surface area contributed by atoms with Gasteiger partial charge in [0, 0.05) is 0 Å². The van der Waals surface area contributed by atoms with Gasteiger partial charge in [0.1, 0.15) is 0 Å². The minimum atomic E-state index is 1.23. The molecular weight excluding hydrogens is 96.1 g/mol. The van der Waals surface area contributed by atoms with Crippen LogP contribution in [0.1, 0.15) is 40.0 Å². The van der Waals surface area contributed by atoms with E-state index in [0.717, 1.165) is 0 Å². The molecule has 0 saturated heterocycles. The summed E-state index contributed by atoms with van der Waals surface area (Å²) in [7, 11) is 0. The van der Waals surface area contributed by atoms with E-state index in [1.807, 2.05) is 0 Å². The van der Waals surface area contributed by atoms with Crippen molar-refractivity contribution in [1.29, 1.82) is 0 Å². The first kappa shape index (κ1) is 7.74. The summed E-state index contributed by atoms with van der Waals surface area (Å²) in [5, 5.41) is 0. The summed E-state index contributed by atoms with van der Waals surface area (Å²) in [6, 6.07) is 0. The fourth-order valence-electron chi connectivity index (χ4n) is 0.846. The highest BCUT2D eigenvalue weighted by Gasteiger charge is 1.86. The van der Waals surface area contributed by atoms with Crippen molar-refractivity contribution < 1.29 is 0 Å². The molecule has 0 nitrogen and oxygen atoms in total. The Morgan fingerprint density at radius 1 is 1.38 bits per heavy atom. The molecule has 0 aliphatic rings. The third-order valence-electron chi connectivity index (χ3n) is 1.43. The zero-order chi connectivity index (χ0) is 6.41. The van der Waals surface area contributed by atoms with Crippen LogP contribution in [-0.4, -0.2) is 0 Å². The second-order valence-corrected chi connectivity index (χ2v) is 2.05. The zero-order valence-corrected chi connectivity index (χ0v) is 6.20. The smallest absolute Gasteiger partial charge is 0.0323 e. The van der Waals surface area contributed by atoms with E-state index in [-0.39, 0.29) is 0 Å². The Morgan fingerprint density at radius 3 is 2.12 bits per heavy atom. The van der Waals surface area contributed by atoms with Crippen LogP contribution in [0.5, 0.6) is 0 Å². The van der Waals surface area contributed by atoms with Crippen LogP contribution < -0.4 is 0 Å². The number of rotatable bonds is 3. The van der Waals surface area contributed by atoms with Crippen LogP contribution in [-0.2, 0) is 0 Å².